The lowest BCUT2D eigenvalue weighted by atomic mass is 9.79. The van der Waals surface area contributed by atoms with Gasteiger partial charge in [-0.1, -0.05) is 80.6 Å². The van der Waals surface area contributed by atoms with Crippen molar-refractivity contribution < 1.29 is 18.6 Å². The van der Waals surface area contributed by atoms with Crippen LogP contribution in [0.1, 0.15) is 111 Å². The van der Waals surface area contributed by atoms with E-state index in [1.54, 1.807) is 23.9 Å². The Hall–Kier alpha value is -0.970. The van der Waals surface area contributed by atoms with Crippen LogP contribution in [0.25, 0.3) is 0 Å². The number of phenols is 1. The van der Waals surface area contributed by atoms with E-state index in [0.29, 0.717) is 28.6 Å². The van der Waals surface area contributed by atoms with Crippen molar-refractivity contribution in [3.8, 4) is 11.5 Å². The third kappa shape index (κ3) is 7.53. The minimum Gasteiger partial charge on any atom is -0.507 e. The van der Waals surface area contributed by atoms with Gasteiger partial charge in [-0.3, -0.25) is 0 Å². The molecule has 2 nitrogen and oxygen atoms in total. The zero-order chi connectivity index (χ0) is 24.2. The first-order valence-corrected chi connectivity index (χ1v) is 13.4. The first-order chi connectivity index (χ1) is 14.8. The van der Waals surface area contributed by atoms with Crippen LogP contribution in [0.3, 0.4) is 0 Å². The molecule has 1 heterocycles. The fraction of sp³-hybridized carbons (Fsp3) is 0.778. The number of ether oxygens (including phenoxy) is 1. The van der Waals surface area contributed by atoms with E-state index in [-0.39, 0.29) is 22.3 Å². The molecule has 2 unspecified atom stereocenters. The third-order valence-electron chi connectivity index (χ3n) is 6.43. The summed E-state index contributed by atoms with van der Waals surface area (Å²) in [7, 11) is 0. The molecule has 5 heteroatoms. The molecule has 0 radical (unpaired) electrons. The van der Waals surface area contributed by atoms with Crippen molar-refractivity contribution in [2.45, 2.75) is 122 Å². The maximum atomic E-state index is 15.2. The van der Waals surface area contributed by atoms with Crippen LogP contribution < -0.4 is 4.74 Å². The first-order valence-electron chi connectivity index (χ1n) is 12.3. The summed E-state index contributed by atoms with van der Waals surface area (Å²) >= 11 is 1.69. The second-order valence-corrected chi connectivity index (χ2v) is 12.8. The molecule has 1 fully saturated rings. The molecule has 2 atom stereocenters. The molecule has 0 amide bonds. The average Bonchev–Trinajstić information content (AvgIpc) is 2.67. The molecular formula is C27H44F2O2S. The summed E-state index contributed by atoms with van der Waals surface area (Å²) in [4.78, 5) is 0. The van der Waals surface area contributed by atoms with E-state index in [1.807, 2.05) is 41.5 Å². The van der Waals surface area contributed by atoms with Crippen LogP contribution >= 0.6 is 11.8 Å². The van der Waals surface area contributed by atoms with Crippen molar-refractivity contribution in [3.63, 3.8) is 0 Å². The van der Waals surface area contributed by atoms with E-state index in [0.717, 1.165) is 12.8 Å². The quantitative estimate of drug-likeness (QED) is 0.366. The van der Waals surface area contributed by atoms with Crippen LogP contribution in [0.5, 0.6) is 11.5 Å². The molecule has 1 N–H and O–H groups in total. The number of hydrogen-bond donors (Lipinski definition) is 1. The van der Waals surface area contributed by atoms with E-state index < -0.39 is 12.0 Å². The predicted molar refractivity (Wildman–Crippen MR) is 133 cm³/mol. The smallest absolute Gasteiger partial charge is 0.401 e. The second-order valence-electron chi connectivity index (χ2n) is 11.5. The normalized spacial score (nSPS) is 20.4. The van der Waals surface area contributed by atoms with Gasteiger partial charge in [0, 0.05) is 22.1 Å². The Labute approximate surface area is 198 Å². The zero-order valence-electron chi connectivity index (χ0n) is 21.2. The van der Waals surface area contributed by atoms with Gasteiger partial charge < -0.3 is 9.84 Å². The van der Waals surface area contributed by atoms with Crippen molar-refractivity contribution in [2.24, 2.45) is 5.92 Å². The summed E-state index contributed by atoms with van der Waals surface area (Å²) in [6.07, 6.45) is 5.50. The Balaban J connectivity index is 2.07. The van der Waals surface area contributed by atoms with Crippen LogP contribution in [0.2, 0.25) is 0 Å². The summed E-state index contributed by atoms with van der Waals surface area (Å²) in [6, 6.07) is 3.18. The number of aromatic hydroxyl groups is 1. The average molecular weight is 471 g/mol. The molecule has 0 bridgehead atoms. The SMILES string of the molecule is CCCCCCCC1CCC(C(F)(F)Oc2cc(C(C)(C)C)c(O)c(C(C)(C)C)c2)CS1. The van der Waals surface area contributed by atoms with Crippen LogP contribution in [0.4, 0.5) is 8.78 Å². The number of thioether (sulfide) groups is 1. The lowest BCUT2D eigenvalue weighted by Crippen LogP contribution is -2.39. The molecule has 184 valence electrons. The second kappa shape index (κ2) is 11.0. The van der Waals surface area contributed by atoms with Gasteiger partial charge >= 0.3 is 6.11 Å². The van der Waals surface area contributed by atoms with Crippen LogP contribution in [-0.4, -0.2) is 22.2 Å². The summed E-state index contributed by atoms with van der Waals surface area (Å²) in [6.45, 7) is 14.0. The monoisotopic (exact) mass is 470 g/mol. The van der Waals surface area contributed by atoms with Crippen LogP contribution in [0.15, 0.2) is 12.1 Å². The molecule has 1 aliphatic heterocycles. The lowest BCUT2D eigenvalue weighted by Gasteiger charge is -2.34. The van der Waals surface area contributed by atoms with Gasteiger partial charge in [-0.15, -0.1) is 0 Å². The van der Waals surface area contributed by atoms with Crippen LogP contribution in [0, 0.1) is 5.92 Å². The molecule has 0 aliphatic carbocycles. The van der Waals surface area contributed by atoms with Crippen molar-refractivity contribution >= 4 is 11.8 Å². The Morgan fingerprint density at radius 1 is 0.938 bits per heavy atom. The Morgan fingerprint density at radius 3 is 1.97 bits per heavy atom. The lowest BCUT2D eigenvalue weighted by molar-refractivity contribution is -0.212. The van der Waals surface area contributed by atoms with Crippen molar-refractivity contribution in [2.75, 3.05) is 5.75 Å². The Bertz CT molecular complexity index is 691. The number of phenolic OH excluding ortho intramolecular Hbond substituents is 1. The Morgan fingerprint density at radius 2 is 1.50 bits per heavy atom. The maximum absolute atomic E-state index is 15.2. The highest BCUT2D eigenvalue weighted by atomic mass is 32.2. The van der Waals surface area contributed by atoms with Gasteiger partial charge in [0.15, 0.2) is 0 Å². The fourth-order valence-corrected chi connectivity index (χ4v) is 5.83. The molecule has 32 heavy (non-hydrogen) atoms. The van der Waals surface area contributed by atoms with Gasteiger partial charge in [0.1, 0.15) is 11.5 Å². The topological polar surface area (TPSA) is 29.5 Å². The number of benzene rings is 1. The van der Waals surface area contributed by atoms with E-state index in [4.69, 9.17) is 4.74 Å². The number of halogens is 2. The third-order valence-corrected chi connectivity index (χ3v) is 7.97. The molecular weight excluding hydrogens is 426 g/mol. The van der Waals surface area contributed by atoms with Crippen molar-refractivity contribution in [1.29, 1.82) is 0 Å². The van der Waals surface area contributed by atoms with Gasteiger partial charge in [-0.2, -0.15) is 20.5 Å². The standard InChI is InChI=1S/C27H44F2O2S/c1-8-9-10-11-12-13-21-15-14-19(18-32-21)27(28,29)31-20-16-22(25(2,3)4)24(30)23(17-20)26(5,6)7/h16-17,19,21,30H,8-15,18H2,1-7H3. The number of unbranched alkanes of at least 4 members (excludes halogenated alkanes) is 4. The summed E-state index contributed by atoms with van der Waals surface area (Å²) in [5.41, 5.74) is 0.502. The van der Waals surface area contributed by atoms with Gasteiger partial charge in [0.2, 0.25) is 0 Å². The summed E-state index contributed by atoms with van der Waals surface area (Å²) in [5, 5.41) is 11.3. The number of rotatable bonds is 9. The zero-order valence-corrected chi connectivity index (χ0v) is 22.0. The first kappa shape index (κ1) is 27.3. The van der Waals surface area contributed by atoms with Crippen molar-refractivity contribution in [1.82, 2.24) is 0 Å². The van der Waals surface area contributed by atoms with Gasteiger partial charge in [-0.05, 0) is 42.2 Å². The molecule has 1 aromatic rings. The molecule has 0 spiro atoms. The van der Waals surface area contributed by atoms with E-state index in [2.05, 4.69) is 6.92 Å². The highest BCUT2D eigenvalue weighted by Gasteiger charge is 2.44. The van der Waals surface area contributed by atoms with E-state index in [9.17, 15) is 5.11 Å². The Kier molecular flexibility index (Phi) is 9.35. The van der Waals surface area contributed by atoms with Crippen molar-refractivity contribution in [3.05, 3.63) is 23.3 Å². The fourth-order valence-electron chi connectivity index (χ4n) is 4.33. The van der Waals surface area contributed by atoms with E-state index >= 15 is 8.78 Å². The molecule has 1 saturated heterocycles. The van der Waals surface area contributed by atoms with Gasteiger partial charge in [0.25, 0.3) is 0 Å². The summed E-state index contributed by atoms with van der Waals surface area (Å²) in [5.74, 6) is -0.0293. The minimum absolute atomic E-state index is 0.144. The molecule has 2 rings (SSSR count). The molecule has 0 aromatic heterocycles. The van der Waals surface area contributed by atoms with Gasteiger partial charge in [0.05, 0.1) is 5.92 Å². The highest BCUT2D eigenvalue weighted by molar-refractivity contribution is 7.99. The molecule has 1 aromatic carbocycles. The summed E-state index contributed by atoms with van der Waals surface area (Å²) < 4.78 is 35.7. The van der Waals surface area contributed by atoms with E-state index in [1.165, 1.54) is 32.1 Å². The molecule has 0 saturated carbocycles. The molecule has 1 aliphatic rings. The number of alkyl halides is 2. The van der Waals surface area contributed by atoms with Gasteiger partial charge in [-0.25, -0.2) is 0 Å². The minimum atomic E-state index is -3.22. The largest absolute Gasteiger partial charge is 0.507 e. The highest BCUT2D eigenvalue weighted by Crippen LogP contribution is 2.45. The number of hydrogen-bond acceptors (Lipinski definition) is 3. The predicted octanol–water partition coefficient (Wildman–Crippen LogP) is 8.83. The maximum Gasteiger partial charge on any atom is 0.401 e. The van der Waals surface area contributed by atoms with Crippen LogP contribution in [-0.2, 0) is 10.8 Å².